The van der Waals surface area contributed by atoms with Gasteiger partial charge in [-0.15, -0.1) is 0 Å². The van der Waals surface area contributed by atoms with Gasteiger partial charge in [0.1, 0.15) is 5.82 Å². The molecule has 2 rings (SSSR count). The van der Waals surface area contributed by atoms with Crippen molar-refractivity contribution in [2.45, 2.75) is 34.1 Å². The first-order valence-corrected chi connectivity index (χ1v) is 6.03. The number of rotatable bonds is 2. The van der Waals surface area contributed by atoms with Gasteiger partial charge in [0, 0.05) is 17.7 Å². The van der Waals surface area contributed by atoms with Gasteiger partial charge in [0.2, 0.25) is 0 Å². The van der Waals surface area contributed by atoms with E-state index in [1.54, 1.807) is 0 Å². The van der Waals surface area contributed by atoms with Crippen LogP contribution in [0.5, 0.6) is 0 Å². The summed E-state index contributed by atoms with van der Waals surface area (Å²) < 4.78 is 0. The Morgan fingerprint density at radius 1 is 0.941 bits per heavy atom. The average molecular weight is 226 g/mol. The van der Waals surface area contributed by atoms with E-state index >= 15 is 0 Å². The van der Waals surface area contributed by atoms with Crippen molar-refractivity contribution in [2.24, 2.45) is 0 Å². The summed E-state index contributed by atoms with van der Waals surface area (Å²) in [5, 5.41) is 0. The molecule has 0 amide bonds. The van der Waals surface area contributed by atoms with Crippen LogP contribution in [-0.4, -0.2) is 9.97 Å². The molecule has 0 aliphatic heterocycles. The molecule has 0 bridgehead atoms. The Balaban J connectivity index is 2.57. The smallest absolute Gasteiger partial charge is 0.129 e. The van der Waals surface area contributed by atoms with Gasteiger partial charge in [-0.05, 0) is 26.3 Å². The largest absolute Gasteiger partial charge is 0.238 e. The molecule has 17 heavy (non-hydrogen) atoms. The lowest BCUT2D eigenvalue weighted by atomic mass is 10.0. The van der Waals surface area contributed by atoms with Gasteiger partial charge in [-0.2, -0.15) is 0 Å². The second kappa shape index (κ2) is 4.66. The van der Waals surface area contributed by atoms with E-state index in [2.05, 4.69) is 55.0 Å². The van der Waals surface area contributed by atoms with E-state index < -0.39 is 0 Å². The Bertz CT molecular complexity index is 527. The van der Waals surface area contributed by atoms with Gasteiger partial charge in [-0.25, -0.2) is 9.97 Å². The fourth-order valence-corrected chi connectivity index (χ4v) is 1.84. The van der Waals surface area contributed by atoms with Crippen LogP contribution in [0.2, 0.25) is 0 Å². The van der Waals surface area contributed by atoms with Crippen molar-refractivity contribution in [3.63, 3.8) is 0 Å². The van der Waals surface area contributed by atoms with Crippen LogP contribution >= 0.6 is 0 Å². The Kier molecular flexibility index (Phi) is 3.23. The quantitative estimate of drug-likeness (QED) is 0.781. The molecule has 0 saturated heterocycles. The van der Waals surface area contributed by atoms with Crippen molar-refractivity contribution in [1.82, 2.24) is 9.97 Å². The third-order valence-electron chi connectivity index (χ3n) is 3.08. The molecular formula is C15H18N2. The van der Waals surface area contributed by atoms with E-state index in [4.69, 9.17) is 0 Å². The van der Waals surface area contributed by atoms with E-state index in [0.717, 1.165) is 23.6 Å². The normalized spacial score (nSPS) is 10.6. The van der Waals surface area contributed by atoms with Crippen molar-refractivity contribution in [1.29, 1.82) is 0 Å². The zero-order valence-corrected chi connectivity index (χ0v) is 10.9. The molecule has 0 aliphatic rings. The second-order valence-electron chi connectivity index (χ2n) is 4.42. The summed E-state index contributed by atoms with van der Waals surface area (Å²) in [7, 11) is 0. The van der Waals surface area contributed by atoms with Crippen molar-refractivity contribution >= 4 is 0 Å². The van der Waals surface area contributed by atoms with Gasteiger partial charge in [0.05, 0.1) is 5.69 Å². The van der Waals surface area contributed by atoms with E-state index in [0.29, 0.717) is 0 Å². The third kappa shape index (κ3) is 2.36. The Hall–Kier alpha value is -1.70. The monoisotopic (exact) mass is 226 g/mol. The summed E-state index contributed by atoms with van der Waals surface area (Å²) in [6, 6.07) is 8.50. The molecule has 0 fully saturated rings. The minimum absolute atomic E-state index is 0.875. The van der Waals surface area contributed by atoms with Crippen LogP contribution in [-0.2, 0) is 6.42 Å². The molecule has 0 aliphatic carbocycles. The molecule has 0 unspecified atom stereocenters. The predicted molar refractivity (Wildman–Crippen MR) is 71.1 cm³/mol. The van der Waals surface area contributed by atoms with E-state index in [9.17, 15) is 0 Å². The van der Waals surface area contributed by atoms with Gasteiger partial charge in [-0.1, -0.05) is 36.8 Å². The minimum atomic E-state index is 0.875. The van der Waals surface area contributed by atoms with Gasteiger partial charge >= 0.3 is 0 Å². The molecular weight excluding hydrogens is 208 g/mol. The molecule has 0 atom stereocenters. The van der Waals surface area contributed by atoms with Crippen molar-refractivity contribution in [3.8, 4) is 11.3 Å². The molecule has 2 aromatic rings. The first-order valence-electron chi connectivity index (χ1n) is 6.03. The number of benzene rings is 1. The van der Waals surface area contributed by atoms with Crippen LogP contribution in [0.3, 0.4) is 0 Å². The summed E-state index contributed by atoms with van der Waals surface area (Å²) in [6.07, 6.45) is 0.875. The third-order valence-corrected chi connectivity index (χ3v) is 3.08. The highest BCUT2D eigenvalue weighted by Crippen LogP contribution is 2.23. The fourth-order valence-electron chi connectivity index (χ4n) is 1.84. The summed E-state index contributed by atoms with van der Waals surface area (Å²) in [4.78, 5) is 9.12. The van der Waals surface area contributed by atoms with Gasteiger partial charge in [0.25, 0.3) is 0 Å². The lowest BCUT2D eigenvalue weighted by Gasteiger charge is -2.10. The highest BCUT2D eigenvalue weighted by Gasteiger charge is 2.08. The zero-order valence-electron chi connectivity index (χ0n) is 10.9. The Labute approximate surface area is 103 Å². The number of aryl methyl sites for hydroxylation is 3. The number of hydrogen-bond acceptors (Lipinski definition) is 2. The van der Waals surface area contributed by atoms with Crippen LogP contribution in [0.4, 0.5) is 0 Å². The summed E-state index contributed by atoms with van der Waals surface area (Å²) in [5.74, 6) is 0.920. The average Bonchev–Trinajstić information content (AvgIpc) is 2.34. The van der Waals surface area contributed by atoms with Crippen molar-refractivity contribution in [3.05, 3.63) is 46.9 Å². The molecule has 88 valence electrons. The number of nitrogens with zero attached hydrogens (tertiary/aromatic N) is 2. The highest BCUT2D eigenvalue weighted by atomic mass is 14.9. The van der Waals surface area contributed by atoms with Gasteiger partial charge in [-0.3, -0.25) is 0 Å². The van der Waals surface area contributed by atoms with E-state index in [-0.39, 0.29) is 0 Å². The molecule has 0 radical (unpaired) electrons. The second-order valence-corrected chi connectivity index (χ2v) is 4.42. The molecule has 2 nitrogen and oxygen atoms in total. The van der Waals surface area contributed by atoms with Gasteiger partial charge < -0.3 is 0 Å². The lowest BCUT2D eigenvalue weighted by molar-refractivity contribution is 0.909. The van der Waals surface area contributed by atoms with Crippen molar-refractivity contribution in [2.75, 3.05) is 0 Å². The summed E-state index contributed by atoms with van der Waals surface area (Å²) >= 11 is 0. The molecule has 0 saturated carbocycles. The molecule has 2 heteroatoms. The highest BCUT2D eigenvalue weighted by molar-refractivity contribution is 5.63. The molecule has 1 aromatic carbocycles. The number of aromatic nitrogens is 2. The molecule has 1 aromatic heterocycles. The molecule has 0 spiro atoms. The Morgan fingerprint density at radius 3 is 2.18 bits per heavy atom. The van der Waals surface area contributed by atoms with Crippen molar-refractivity contribution < 1.29 is 0 Å². The van der Waals surface area contributed by atoms with Crippen LogP contribution in [0.15, 0.2) is 24.3 Å². The fraction of sp³-hybridized carbons (Fsp3) is 0.333. The maximum absolute atomic E-state index is 4.64. The predicted octanol–water partition coefficient (Wildman–Crippen LogP) is 3.63. The molecule has 0 N–H and O–H groups in total. The maximum Gasteiger partial charge on any atom is 0.129 e. The number of hydrogen-bond donors (Lipinski definition) is 0. The topological polar surface area (TPSA) is 25.8 Å². The van der Waals surface area contributed by atoms with Crippen LogP contribution in [0, 0.1) is 20.8 Å². The van der Waals surface area contributed by atoms with E-state index in [1.807, 2.05) is 6.92 Å². The lowest BCUT2D eigenvalue weighted by Crippen LogP contribution is -2.01. The maximum atomic E-state index is 4.64. The SMILES string of the molecule is CCc1nc(C)c(C)c(-c2ccc(C)cc2)n1. The summed E-state index contributed by atoms with van der Waals surface area (Å²) in [6.45, 7) is 8.32. The van der Waals surface area contributed by atoms with E-state index in [1.165, 1.54) is 16.7 Å². The first-order chi connectivity index (χ1) is 8.11. The zero-order chi connectivity index (χ0) is 12.4. The van der Waals surface area contributed by atoms with Gasteiger partial charge in [0.15, 0.2) is 0 Å². The minimum Gasteiger partial charge on any atom is -0.238 e. The Morgan fingerprint density at radius 2 is 1.59 bits per heavy atom. The first kappa shape index (κ1) is 11.8. The standard InChI is InChI=1S/C15H18N2/c1-5-14-16-12(4)11(3)15(17-14)13-8-6-10(2)7-9-13/h6-9H,5H2,1-4H3. The van der Waals surface area contributed by atoms with Crippen LogP contribution in [0.1, 0.15) is 29.6 Å². The summed E-state index contributed by atoms with van der Waals surface area (Å²) in [5.41, 5.74) is 5.76. The molecule has 1 heterocycles. The van der Waals surface area contributed by atoms with Crippen LogP contribution < -0.4 is 0 Å². The van der Waals surface area contributed by atoms with Crippen LogP contribution in [0.25, 0.3) is 11.3 Å².